The van der Waals surface area contributed by atoms with E-state index in [-0.39, 0.29) is 5.37 Å². The third-order valence-electron chi connectivity index (χ3n) is 2.31. The molecular formula is C11H14N2OS. The van der Waals surface area contributed by atoms with Crippen molar-refractivity contribution in [2.24, 2.45) is 0 Å². The Morgan fingerprint density at radius 2 is 2.13 bits per heavy atom. The molecule has 80 valence electrons. The summed E-state index contributed by atoms with van der Waals surface area (Å²) < 4.78 is 5.41. The number of hydrogen-bond donors (Lipinski definition) is 1. The van der Waals surface area contributed by atoms with E-state index in [9.17, 15) is 0 Å². The number of fused-ring (bicyclic) bond motifs is 1. The summed E-state index contributed by atoms with van der Waals surface area (Å²) in [5, 5.41) is 0.0893. The summed E-state index contributed by atoms with van der Waals surface area (Å²) in [6, 6.07) is 5.98. The number of benzene rings is 1. The summed E-state index contributed by atoms with van der Waals surface area (Å²) in [5.41, 5.74) is 2.85. The summed E-state index contributed by atoms with van der Waals surface area (Å²) in [6.07, 6.45) is 0. The van der Waals surface area contributed by atoms with Crippen molar-refractivity contribution in [1.82, 2.24) is 9.88 Å². The largest absolute Gasteiger partial charge is 0.441 e. The second kappa shape index (κ2) is 3.87. The number of aromatic nitrogens is 1. The number of nitrogens with zero attached hydrogens (tertiary/aromatic N) is 2. The molecule has 0 amide bonds. The van der Waals surface area contributed by atoms with E-state index in [1.54, 1.807) is 0 Å². The van der Waals surface area contributed by atoms with Crippen LogP contribution in [0.3, 0.4) is 0 Å². The lowest BCUT2D eigenvalue weighted by atomic mass is 10.2. The maximum absolute atomic E-state index is 5.41. The van der Waals surface area contributed by atoms with Crippen LogP contribution in [0.4, 0.5) is 0 Å². The predicted molar refractivity (Wildman–Crippen MR) is 64.2 cm³/mol. The van der Waals surface area contributed by atoms with Crippen LogP contribution < -0.4 is 0 Å². The number of rotatable bonds is 2. The molecule has 3 nitrogen and oxygen atoms in total. The second-order valence-corrected chi connectivity index (χ2v) is 4.29. The molecule has 0 saturated carbocycles. The summed E-state index contributed by atoms with van der Waals surface area (Å²) >= 11 is 4.51. The quantitative estimate of drug-likeness (QED) is 0.625. The van der Waals surface area contributed by atoms with Crippen LogP contribution in [0.15, 0.2) is 22.6 Å². The summed E-state index contributed by atoms with van der Waals surface area (Å²) in [7, 11) is 3.99. The van der Waals surface area contributed by atoms with Gasteiger partial charge in [0, 0.05) is 6.92 Å². The highest BCUT2D eigenvalue weighted by atomic mass is 32.1. The molecule has 0 aliphatic heterocycles. The van der Waals surface area contributed by atoms with Crippen LogP contribution in [0.5, 0.6) is 0 Å². The Bertz CT molecular complexity index is 478. The Balaban J connectivity index is 2.46. The van der Waals surface area contributed by atoms with E-state index in [0.29, 0.717) is 5.89 Å². The van der Waals surface area contributed by atoms with Gasteiger partial charge in [0.2, 0.25) is 0 Å². The zero-order chi connectivity index (χ0) is 11.0. The molecule has 0 aliphatic carbocycles. The van der Waals surface area contributed by atoms with Gasteiger partial charge in [0.15, 0.2) is 11.5 Å². The SMILES string of the molecule is Cc1nc2cc(C(S)N(C)C)ccc2o1. The van der Waals surface area contributed by atoms with Gasteiger partial charge in [0.05, 0.1) is 5.37 Å². The van der Waals surface area contributed by atoms with Crippen LogP contribution >= 0.6 is 12.6 Å². The van der Waals surface area contributed by atoms with Gasteiger partial charge in [0.25, 0.3) is 0 Å². The standard InChI is InChI=1S/C11H14N2OS/c1-7-12-9-6-8(11(15)13(2)3)4-5-10(9)14-7/h4-6,11,15H,1-3H3. The first-order valence-corrected chi connectivity index (χ1v) is 5.31. The van der Waals surface area contributed by atoms with Crippen LogP contribution in [0.2, 0.25) is 0 Å². The first-order chi connectivity index (χ1) is 7.08. The topological polar surface area (TPSA) is 29.3 Å². The van der Waals surface area contributed by atoms with Gasteiger partial charge in [-0.25, -0.2) is 4.98 Å². The Labute approximate surface area is 94.5 Å². The molecule has 0 radical (unpaired) electrons. The fraction of sp³-hybridized carbons (Fsp3) is 0.364. The normalized spacial score (nSPS) is 13.7. The average Bonchev–Trinajstić information content (AvgIpc) is 2.55. The van der Waals surface area contributed by atoms with Gasteiger partial charge >= 0.3 is 0 Å². The van der Waals surface area contributed by atoms with Crippen molar-refractivity contribution >= 4 is 23.7 Å². The van der Waals surface area contributed by atoms with Crippen LogP contribution in [-0.4, -0.2) is 24.0 Å². The van der Waals surface area contributed by atoms with E-state index >= 15 is 0 Å². The summed E-state index contributed by atoms with van der Waals surface area (Å²) in [4.78, 5) is 6.34. The molecule has 4 heteroatoms. The van der Waals surface area contributed by atoms with Gasteiger partial charge in [-0.3, -0.25) is 4.90 Å². The summed E-state index contributed by atoms with van der Waals surface area (Å²) in [6.45, 7) is 1.85. The first kappa shape index (κ1) is 10.5. The van der Waals surface area contributed by atoms with Crippen LogP contribution in [-0.2, 0) is 0 Å². The predicted octanol–water partition coefficient (Wildman–Crippen LogP) is 2.63. The van der Waals surface area contributed by atoms with Gasteiger partial charge < -0.3 is 4.42 Å². The molecule has 1 aromatic carbocycles. The molecular weight excluding hydrogens is 208 g/mol. The lowest BCUT2D eigenvalue weighted by molar-refractivity contribution is 0.394. The molecule has 0 spiro atoms. The number of thiol groups is 1. The smallest absolute Gasteiger partial charge is 0.192 e. The average molecular weight is 222 g/mol. The highest BCUT2D eigenvalue weighted by Crippen LogP contribution is 2.25. The molecule has 1 heterocycles. The molecule has 15 heavy (non-hydrogen) atoms. The number of oxazole rings is 1. The van der Waals surface area contributed by atoms with Gasteiger partial charge in [-0.2, -0.15) is 12.6 Å². The van der Waals surface area contributed by atoms with Crippen molar-refractivity contribution in [2.45, 2.75) is 12.3 Å². The maximum atomic E-state index is 5.41. The Morgan fingerprint density at radius 3 is 2.80 bits per heavy atom. The minimum absolute atomic E-state index is 0.0893. The number of hydrogen-bond acceptors (Lipinski definition) is 4. The fourth-order valence-corrected chi connectivity index (χ4v) is 1.68. The Morgan fingerprint density at radius 1 is 1.40 bits per heavy atom. The lowest BCUT2D eigenvalue weighted by Gasteiger charge is -2.18. The molecule has 1 unspecified atom stereocenters. The van der Waals surface area contributed by atoms with Crippen LogP contribution in [0.25, 0.3) is 11.1 Å². The second-order valence-electron chi connectivity index (χ2n) is 3.80. The molecule has 0 fully saturated rings. The minimum atomic E-state index is 0.0893. The van der Waals surface area contributed by atoms with Crippen molar-refractivity contribution in [3.8, 4) is 0 Å². The van der Waals surface area contributed by atoms with Gasteiger partial charge in [-0.1, -0.05) is 6.07 Å². The molecule has 0 bridgehead atoms. The van der Waals surface area contributed by atoms with Crippen molar-refractivity contribution in [3.63, 3.8) is 0 Å². The Kier molecular flexibility index (Phi) is 2.71. The van der Waals surface area contributed by atoms with E-state index in [4.69, 9.17) is 4.42 Å². The van der Waals surface area contributed by atoms with Gasteiger partial charge in [0.1, 0.15) is 5.52 Å². The van der Waals surface area contributed by atoms with Crippen molar-refractivity contribution < 1.29 is 4.42 Å². The molecule has 0 aliphatic rings. The van der Waals surface area contributed by atoms with Gasteiger partial charge in [-0.15, -0.1) is 0 Å². The fourth-order valence-electron chi connectivity index (χ4n) is 1.52. The van der Waals surface area contributed by atoms with Crippen molar-refractivity contribution in [2.75, 3.05) is 14.1 Å². The van der Waals surface area contributed by atoms with E-state index in [0.717, 1.165) is 16.7 Å². The minimum Gasteiger partial charge on any atom is -0.441 e. The van der Waals surface area contributed by atoms with Crippen molar-refractivity contribution in [3.05, 3.63) is 29.7 Å². The van der Waals surface area contributed by atoms with E-state index < -0.39 is 0 Å². The molecule has 2 aromatic rings. The van der Waals surface area contributed by atoms with E-state index in [1.165, 1.54) is 0 Å². The highest BCUT2D eigenvalue weighted by Gasteiger charge is 2.10. The maximum Gasteiger partial charge on any atom is 0.192 e. The molecule has 2 rings (SSSR count). The molecule has 1 atom stereocenters. The first-order valence-electron chi connectivity index (χ1n) is 4.79. The molecule has 0 N–H and O–H groups in total. The third-order valence-corrected chi connectivity index (χ3v) is 3.07. The zero-order valence-corrected chi connectivity index (χ0v) is 9.95. The lowest BCUT2D eigenvalue weighted by Crippen LogP contribution is -2.14. The van der Waals surface area contributed by atoms with Crippen LogP contribution in [0, 0.1) is 6.92 Å². The van der Waals surface area contributed by atoms with Crippen LogP contribution in [0.1, 0.15) is 16.8 Å². The Hall–Kier alpha value is -1.00. The third kappa shape index (κ3) is 2.01. The van der Waals surface area contributed by atoms with Crippen molar-refractivity contribution in [1.29, 1.82) is 0 Å². The van der Waals surface area contributed by atoms with Gasteiger partial charge in [-0.05, 0) is 31.8 Å². The monoisotopic (exact) mass is 222 g/mol. The number of aryl methyl sites for hydroxylation is 1. The summed E-state index contributed by atoms with van der Waals surface area (Å²) in [5.74, 6) is 0.697. The molecule has 1 aromatic heterocycles. The van der Waals surface area contributed by atoms with E-state index in [2.05, 4.69) is 17.6 Å². The highest BCUT2D eigenvalue weighted by molar-refractivity contribution is 7.80. The zero-order valence-electron chi connectivity index (χ0n) is 9.06. The molecule has 0 saturated heterocycles. The van der Waals surface area contributed by atoms with E-state index in [1.807, 2.05) is 44.1 Å².